The molecule has 0 aliphatic rings. The van der Waals surface area contributed by atoms with Gasteiger partial charge >= 0.3 is 11.9 Å². The van der Waals surface area contributed by atoms with E-state index in [-0.39, 0.29) is 0 Å². The van der Waals surface area contributed by atoms with Crippen LogP contribution in [0.15, 0.2) is 54.6 Å². The summed E-state index contributed by atoms with van der Waals surface area (Å²) >= 11 is 0. The third kappa shape index (κ3) is 2.07. The van der Waals surface area contributed by atoms with Gasteiger partial charge in [-0.3, -0.25) is 9.59 Å². The van der Waals surface area contributed by atoms with E-state index in [1.54, 1.807) is 6.07 Å². The Labute approximate surface area is 137 Å². The van der Waals surface area contributed by atoms with Crippen molar-refractivity contribution in [2.75, 3.05) is 0 Å². The molecule has 0 saturated carbocycles. The molecule has 4 nitrogen and oxygen atoms in total. The van der Waals surface area contributed by atoms with Crippen LogP contribution < -0.4 is 0 Å². The highest BCUT2D eigenvalue weighted by molar-refractivity contribution is 6.23. The van der Waals surface area contributed by atoms with Crippen LogP contribution in [0.5, 0.6) is 0 Å². The molecule has 0 aromatic heterocycles. The molecule has 4 aromatic carbocycles. The van der Waals surface area contributed by atoms with Crippen molar-refractivity contribution in [3.63, 3.8) is 0 Å². The number of hydrogen-bond donors (Lipinski definition) is 2. The second kappa shape index (κ2) is 5.20. The highest BCUT2D eigenvalue weighted by atomic mass is 16.4. The molecule has 1 unspecified atom stereocenters. The summed E-state index contributed by atoms with van der Waals surface area (Å²) in [7, 11) is 0. The summed E-state index contributed by atoms with van der Waals surface area (Å²) in [5.41, 5.74) is 0.552. The third-order valence-corrected chi connectivity index (χ3v) is 4.61. The lowest BCUT2D eigenvalue weighted by atomic mass is 9.86. The topological polar surface area (TPSA) is 74.6 Å². The third-order valence-electron chi connectivity index (χ3n) is 4.61. The molecule has 118 valence electrons. The Kier molecular flexibility index (Phi) is 3.13. The molecule has 2 N–H and O–H groups in total. The van der Waals surface area contributed by atoms with Gasteiger partial charge in [0.2, 0.25) is 0 Å². The summed E-state index contributed by atoms with van der Waals surface area (Å²) in [5, 5.41) is 24.7. The lowest BCUT2D eigenvalue weighted by molar-refractivity contribution is -0.145. The maximum Gasteiger partial charge on any atom is 0.311 e. The number of carboxylic acid groups (broad SMARTS) is 2. The van der Waals surface area contributed by atoms with Crippen LogP contribution in [0.2, 0.25) is 0 Å². The predicted octanol–water partition coefficient (Wildman–Crippen LogP) is 4.23. The van der Waals surface area contributed by atoms with E-state index >= 15 is 0 Å². The fraction of sp³-hybridized carbons (Fsp3) is 0.100. The number of rotatable bonds is 4. The van der Waals surface area contributed by atoms with Crippen LogP contribution in [0.4, 0.5) is 0 Å². The van der Waals surface area contributed by atoms with Crippen LogP contribution in [0.1, 0.15) is 17.9 Å². The van der Waals surface area contributed by atoms with Gasteiger partial charge in [-0.1, -0.05) is 54.6 Å². The molecular weight excluding hydrogens is 304 g/mol. The molecule has 0 amide bonds. The fourth-order valence-corrected chi connectivity index (χ4v) is 3.57. The van der Waals surface area contributed by atoms with Crippen molar-refractivity contribution >= 4 is 44.3 Å². The van der Waals surface area contributed by atoms with Crippen molar-refractivity contribution < 1.29 is 19.8 Å². The summed E-state index contributed by atoms with van der Waals surface area (Å²) < 4.78 is 0. The second-order valence-corrected chi connectivity index (χ2v) is 6.00. The van der Waals surface area contributed by atoms with Gasteiger partial charge in [0.05, 0.1) is 12.3 Å². The zero-order valence-corrected chi connectivity index (χ0v) is 12.7. The first-order valence-corrected chi connectivity index (χ1v) is 7.67. The molecule has 0 spiro atoms. The van der Waals surface area contributed by atoms with Crippen LogP contribution in [0, 0.1) is 0 Å². The van der Waals surface area contributed by atoms with E-state index in [0.29, 0.717) is 5.56 Å². The van der Waals surface area contributed by atoms with Gasteiger partial charge in [-0.2, -0.15) is 0 Å². The molecule has 4 rings (SSSR count). The molecule has 0 bridgehead atoms. The molecule has 24 heavy (non-hydrogen) atoms. The SMILES string of the molecule is O=C(O)CC(C(=O)O)c1ccc2ccc3cccc4ccc1c2c34. The maximum absolute atomic E-state index is 11.6. The van der Waals surface area contributed by atoms with Crippen LogP contribution in [0.25, 0.3) is 32.3 Å². The smallest absolute Gasteiger partial charge is 0.311 e. The van der Waals surface area contributed by atoms with Gasteiger partial charge in [-0.15, -0.1) is 0 Å². The fourth-order valence-electron chi connectivity index (χ4n) is 3.57. The summed E-state index contributed by atoms with van der Waals surface area (Å²) in [5.74, 6) is -3.30. The Bertz CT molecular complexity index is 1080. The standard InChI is InChI=1S/C20H14O4/c21-17(22)10-16(20(23)24)14-8-6-13-5-4-11-2-1-3-12-7-9-15(14)19(13)18(11)12/h1-9,16H,10H2,(H,21,22)(H,23,24). The van der Waals surface area contributed by atoms with Gasteiger partial charge in [-0.25, -0.2) is 0 Å². The first kappa shape index (κ1) is 14.5. The molecule has 0 saturated heterocycles. The van der Waals surface area contributed by atoms with Gasteiger partial charge in [0.25, 0.3) is 0 Å². The van der Waals surface area contributed by atoms with E-state index < -0.39 is 24.3 Å². The largest absolute Gasteiger partial charge is 0.481 e. The summed E-state index contributed by atoms with van der Waals surface area (Å²) in [6.07, 6.45) is -0.431. The lowest BCUT2D eigenvalue weighted by Gasteiger charge is -2.17. The first-order valence-electron chi connectivity index (χ1n) is 7.67. The molecule has 0 fully saturated rings. The van der Waals surface area contributed by atoms with Gasteiger partial charge < -0.3 is 10.2 Å². The summed E-state index contributed by atoms with van der Waals surface area (Å²) in [4.78, 5) is 22.7. The number of carbonyl (C=O) groups is 2. The molecule has 4 aromatic rings. The average Bonchev–Trinajstić information content (AvgIpc) is 2.57. The summed E-state index contributed by atoms with van der Waals surface area (Å²) in [6.45, 7) is 0. The van der Waals surface area contributed by atoms with Gasteiger partial charge in [-0.05, 0) is 37.9 Å². The zero-order valence-electron chi connectivity index (χ0n) is 12.7. The van der Waals surface area contributed by atoms with Gasteiger partial charge in [0.15, 0.2) is 0 Å². The monoisotopic (exact) mass is 318 g/mol. The molecule has 0 aliphatic heterocycles. The highest BCUT2D eigenvalue weighted by Crippen LogP contribution is 2.38. The Morgan fingerprint density at radius 1 is 0.792 bits per heavy atom. The van der Waals surface area contributed by atoms with Gasteiger partial charge in [0.1, 0.15) is 0 Å². The number of carboxylic acids is 2. The van der Waals surface area contributed by atoms with Crippen molar-refractivity contribution in [3.8, 4) is 0 Å². The molecular formula is C20H14O4. The van der Waals surface area contributed by atoms with E-state index in [0.717, 1.165) is 32.3 Å². The first-order chi connectivity index (χ1) is 11.6. The number of benzene rings is 4. The van der Waals surface area contributed by atoms with E-state index in [9.17, 15) is 14.7 Å². The van der Waals surface area contributed by atoms with Crippen molar-refractivity contribution in [2.45, 2.75) is 12.3 Å². The Morgan fingerprint density at radius 3 is 2.00 bits per heavy atom. The van der Waals surface area contributed by atoms with Crippen LogP contribution in [-0.4, -0.2) is 22.2 Å². The van der Waals surface area contributed by atoms with Crippen molar-refractivity contribution in [1.29, 1.82) is 0 Å². The molecule has 0 radical (unpaired) electrons. The normalized spacial score (nSPS) is 12.8. The van der Waals surface area contributed by atoms with E-state index in [4.69, 9.17) is 5.11 Å². The number of hydrogen-bond acceptors (Lipinski definition) is 2. The summed E-state index contributed by atoms with van der Waals surface area (Å²) in [6, 6.07) is 17.6. The van der Waals surface area contributed by atoms with E-state index in [2.05, 4.69) is 6.07 Å². The number of aliphatic carboxylic acids is 2. The zero-order chi connectivity index (χ0) is 16.8. The molecule has 4 heteroatoms. The Hall–Kier alpha value is -3.14. The van der Waals surface area contributed by atoms with Crippen LogP contribution in [-0.2, 0) is 9.59 Å². The van der Waals surface area contributed by atoms with Crippen LogP contribution >= 0.6 is 0 Å². The molecule has 0 heterocycles. The van der Waals surface area contributed by atoms with E-state index in [1.165, 1.54) is 0 Å². The minimum absolute atomic E-state index is 0.431. The van der Waals surface area contributed by atoms with Crippen molar-refractivity contribution in [2.24, 2.45) is 0 Å². The Balaban J connectivity index is 2.10. The minimum atomic E-state index is -1.12. The molecule has 1 atom stereocenters. The minimum Gasteiger partial charge on any atom is -0.481 e. The van der Waals surface area contributed by atoms with Crippen LogP contribution in [0.3, 0.4) is 0 Å². The average molecular weight is 318 g/mol. The molecule has 0 aliphatic carbocycles. The quantitative estimate of drug-likeness (QED) is 0.552. The maximum atomic E-state index is 11.6. The van der Waals surface area contributed by atoms with Gasteiger partial charge in [0, 0.05) is 0 Å². The highest BCUT2D eigenvalue weighted by Gasteiger charge is 2.25. The predicted molar refractivity (Wildman–Crippen MR) is 92.8 cm³/mol. The lowest BCUT2D eigenvalue weighted by Crippen LogP contribution is -2.16. The van der Waals surface area contributed by atoms with Crippen molar-refractivity contribution in [3.05, 3.63) is 60.2 Å². The Morgan fingerprint density at radius 2 is 1.38 bits per heavy atom. The van der Waals surface area contributed by atoms with Crippen molar-refractivity contribution in [1.82, 2.24) is 0 Å². The van der Waals surface area contributed by atoms with E-state index in [1.807, 2.05) is 42.5 Å². The second-order valence-electron chi connectivity index (χ2n) is 6.00.